The van der Waals surface area contributed by atoms with E-state index in [4.69, 9.17) is 4.74 Å². The molecule has 2 aromatic rings. The van der Waals surface area contributed by atoms with Crippen LogP contribution in [0.2, 0.25) is 0 Å². The number of aliphatic hydroxyl groups excluding tert-OH is 1. The van der Waals surface area contributed by atoms with Gasteiger partial charge in [0.2, 0.25) is 10.0 Å². The Morgan fingerprint density at radius 3 is 2.56 bits per heavy atom. The molecule has 1 aromatic carbocycles. The van der Waals surface area contributed by atoms with Crippen LogP contribution in [0.15, 0.2) is 39.9 Å². The van der Waals surface area contributed by atoms with E-state index in [-0.39, 0.29) is 46.8 Å². The number of hydrogen-bond donors (Lipinski definition) is 2. The fourth-order valence-corrected chi connectivity index (χ4v) is 6.01. The van der Waals surface area contributed by atoms with Gasteiger partial charge < -0.3 is 14.7 Å². The van der Waals surface area contributed by atoms with Crippen LogP contribution < -0.4 is 9.46 Å². The molecule has 1 amide bonds. The van der Waals surface area contributed by atoms with Gasteiger partial charge in [0.15, 0.2) is 5.75 Å². The molecule has 188 valence electrons. The van der Waals surface area contributed by atoms with E-state index in [9.17, 15) is 26.7 Å². The van der Waals surface area contributed by atoms with Crippen LogP contribution in [0, 0.1) is 5.92 Å². The number of anilines is 1. The van der Waals surface area contributed by atoms with Crippen molar-refractivity contribution in [3.8, 4) is 5.75 Å². The van der Waals surface area contributed by atoms with Gasteiger partial charge in [-0.2, -0.15) is 0 Å². The Morgan fingerprint density at radius 1 is 1.26 bits per heavy atom. The first-order valence-electron chi connectivity index (χ1n) is 10.5. The number of thiophene rings is 1. The molecular formula is C21H29N3O7S3. The molecule has 1 aliphatic heterocycles. The van der Waals surface area contributed by atoms with Crippen LogP contribution >= 0.6 is 11.3 Å². The monoisotopic (exact) mass is 531 g/mol. The van der Waals surface area contributed by atoms with E-state index in [1.165, 1.54) is 36.2 Å². The summed E-state index contributed by atoms with van der Waals surface area (Å²) in [5.74, 6) is -0.742. The molecule has 1 aromatic heterocycles. The minimum absolute atomic E-state index is 0.0129. The smallest absolute Gasteiger partial charge is 0.271 e. The van der Waals surface area contributed by atoms with Crippen molar-refractivity contribution in [3.63, 3.8) is 0 Å². The van der Waals surface area contributed by atoms with Crippen LogP contribution in [0.3, 0.4) is 0 Å². The molecule has 0 unspecified atom stereocenters. The summed E-state index contributed by atoms with van der Waals surface area (Å²) >= 11 is 1.05. The number of hydrogen-bond acceptors (Lipinski definition) is 8. The largest absolute Gasteiger partial charge is 0.486 e. The number of ether oxygens (including phenoxy) is 1. The lowest BCUT2D eigenvalue weighted by Gasteiger charge is -2.38. The number of nitrogens with one attached hydrogen (secondary N) is 1. The zero-order valence-corrected chi connectivity index (χ0v) is 21.8. The van der Waals surface area contributed by atoms with Gasteiger partial charge in [-0.15, -0.1) is 11.3 Å². The third kappa shape index (κ3) is 5.71. The number of likely N-dealkylation sites (N-methyl/N-ethyl adjacent to an activating group) is 1. The summed E-state index contributed by atoms with van der Waals surface area (Å²) in [6.45, 7) is 3.45. The van der Waals surface area contributed by atoms with E-state index in [2.05, 4.69) is 4.72 Å². The first kappa shape index (κ1) is 26.4. The number of fused-ring (bicyclic) bond motifs is 1. The molecule has 2 N–H and O–H groups in total. The summed E-state index contributed by atoms with van der Waals surface area (Å²) < 4.78 is 59.8. The fourth-order valence-electron chi connectivity index (χ4n) is 3.54. The summed E-state index contributed by atoms with van der Waals surface area (Å²) in [7, 11) is -6.03. The van der Waals surface area contributed by atoms with Gasteiger partial charge in [-0.25, -0.2) is 21.1 Å². The van der Waals surface area contributed by atoms with Crippen molar-refractivity contribution in [2.45, 2.75) is 30.2 Å². The highest BCUT2D eigenvalue weighted by Crippen LogP contribution is 2.36. The van der Waals surface area contributed by atoms with Crippen LogP contribution in [-0.2, 0) is 20.0 Å². The lowest BCUT2D eigenvalue weighted by Crippen LogP contribution is -2.50. The summed E-state index contributed by atoms with van der Waals surface area (Å²) in [5, 5.41) is 11.4. The molecule has 0 bridgehead atoms. The van der Waals surface area contributed by atoms with Gasteiger partial charge in [-0.3, -0.25) is 9.52 Å². The third-order valence-electron chi connectivity index (χ3n) is 5.70. The lowest BCUT2D eigenvalue weighted by molar-refractivity contribution is 0.0389. The van der Waals surface area contributed by atoms with Crippen molar-refractivity contribution in [3.05, 3.63) is 41.3 Å². The van der Waals surface area contributed by atoms with E-state index in [0.29, 0.717) is 0 Å². The van der Waals surface area contributed by atoms with Gasteiger partial charge in [0.05, 0.1) is 36.7 Å². The van der Waals surface area contributed by atoms with Crippen molar-refractivity contribution in [2.24, 2.45) is 5.92 Å². The molecule has 0 saturated carbocycles. The topological polar surface area (TPSA) is 133 Å². The van der Waals surface area contributed by atoms with Crippen LogP contribution in [0.5, 0.6) is 5.75 Å². The molecule has 2 heterocycles. The fraction of sp³-hybridized carbons (Fsp3) is 0.476. The minimum Gasteiger partial charge on any atom is -0.486 e. The number of sulfonamides is 2. The number of benzene rings is 1. The van der Waals surface area contributed by atoms with Crippen molar-refractivity contribution in [1.29, 1.82) is 0 Å². The Morgan fingerprint density at radius 2 is 1.97 bits per heavy atom. The van der Waals surface area contributed by atoms with E-state index >= 15 is 0 Å². The van der Waals surface area contributed by atoms with Crippen molar-refractivity contribution in [1.82, 2.24) is 9.21 Å². The second-order valence-corrected chi connectivity index (χ2v) is 13.3. The highest BCUT2D eigenvalue weighted by atomic mass is 32.2. The summed E-state index contributed by atoms with van der Waals surface area (Å²) in [4.78, 5) is 14.9. The molecule has 0 aliphatic carbocycles. The molecule has 0 spiro atoms. The Kier molecular flexibility index (Phi) is 7.92. The summed E-state index contributed by atoms with van der Waals surface area (Å²) in [5.41, 5.74) is 0.183. The van der Waals surface area contributed by atoms with Gasteiger partial charge in [0, 0.05) is 19.5 Å². The van der Waals surface area contributed by atoms with Crippen LogP contribution in [0.4, 0.5) is 5.69 Å². The van der Waals surface area contributed by atoms with Crippen LogP contribution in [0.1, 0.15) is 24.2 Å². The number of amides is 1. The second kappa shape index (κ2) is 10.2. The van der Waals surface area contributed by atoms with E-state index in [1.54, 1.807) is 18.4 Å². The maximum absolute atomic E-state index is 13.4. The Bertz CT molecular complexity index is 1230. The summed E-state index contributed by atoms with van der Waals surface area (Å²) in [6.07, 6.45) is 0.381. The van der Waals surface area contributed by atoms with Gasteiger partial charge >= 0.3 is 0 Å². The zero-order valence-electron chi connectivity index (χ0n) is 19.3. The van der Waals surface area contributed by atoms with Crippen LogP contribution in [-0.4, -0.2) is 82.2 Å². The number of carbonyl (C=O) groups is 1. The first-order valence-corrected chi connectivity index (χ1v) is 14.8. The zero-order chi connectivity index (χ0) is 25.3. The molecule has 3 rings (SSSR count). The van der Waals surface area contributed by atoms with Gasteiger partial charge in [-0.1, -0.05) is 19.1 Å². The number of nitrogens with zero attached hydrogens (tertiary/aromatic N) is 2. The van der Waals surface area contributed by atoms with E-state index in [1.807, 2.05) is 6.92 Å². The predicted molar refractivity (Wildman–Crippen MR) is 130 cm³/mol. The standard InChI is InChI=1S/C21H29N3O7S3/c1-14-11-24(15(2)13-25)21(26)16-7-5-8-17(22-34(29,30)19-9-6-10-32-19)20(16)31-18(14)12-23(3)33(4,27)28/h5-10,14-15,18,22,25H,11-13H2,1-4H3/t14-,15-,18-/m0/s1. The molecule has 0 fully saturated rings. The molecule has 34 heavy (non-hydrogen) atoms. The Hall–Kier alpha value is -2.19. The molecule has 0 radical (unpaired) electrons. The lowest BCUT2D eigenvalue weighted by atomic mass is 9.99. The second-order valence-electron chi connectivity index (χ2n) is 8.39. The summed E-state index contributed by atoms with van der Waals surface area (Å²) in [6, 6.07) is 7.10. The molecule has 3 atom stereocenters. The Labute approximate surface area is 204 Å². The van der Waals surface area contributed by atoms with Gasteiger partial charge in [-0.05, 0) is 30.5 Å². The van der Waals surface area contributed by atoms with E-state index in [0.717, 1.165) is 21.9 Å². The molecular weight excluding hydrogens is 502 g/mol. The molecule has 0 saturated heterocycles. The van der Waals surface area contributed by atoms with Crippen molar-refractivity contribution in [2.75, 3.05) is 37.7 Å². The number of aliphatic hydroxyl groups is 1. The number of carbonyl (C=O) groups excluding carboxylic acids is 1. The predicted octanol–water partition coefficient (Wildman–Crippen LogP) is 1.66. The normalized spacial score (nSPS) is 20.3. The van der Waals surface area contributed by atoms with Gasteiger partial charge in [0.1, 0.15) is 10.3 Å². The maximum atomic E-state index is 13.4. The Balaban J connectivity index is 2.11. The molecule has 13 heteroatoms. The number of para-hydroxylation sites is 1. The highest BCUT2D eigenvalue weighted by Gasteiger charge is 2.35. The van der Waals surface area contributed by atoms with E-state index < -0.39 is 38.1 Å². The molecule has 10 nitrogen and oxygen atoms in total. The highest BCUT2D eigenvalue weighted by molar-refractivity contribution is 7.94. The molecule has 1 aliphatic rings. The SMILES string of the molecule is C[C@H]1CN([C@@H](C)CO)C(=O)c2cccc(NS(=O)(=O)c3cccs3)c2O[C@H]1CN(C)S(C)(=O)=O. The average Bonchev–Trinajstić information content (AvgIpc) is 3.31. The van der Waals surface area contributed by atoms with Crippen LogP contribution in [0.25, 0.3) is 0 Å². The average molecular weight is 532 g/mol. The third-order valence-corrected chi connectivity index (χ3v) is 9.74. The maximum Gasteiger partial charge on any atom is 0.271 e. The number of rotatable bonds is 8. The van der Waals surface area contributed by atoms with Crippen molar-refractivity contribution >= 4 is 43.0 Å². The quantitative estimate of drug-likeness (QED) is 0.529. The first-order chi connectivity index (χ1) is 15.8. The van der Waals surface area contributed by atoms with Crippen molar-refractivity contribution < 1.29 is 31.5 Å². The van der Waals surface area contributed by atoms with Gasteiger partial charge in [0.25, 0.3) is 15.9 Å². The minimum atomic E-state index is -3.94.